The summed E-state index contributed by atoms with van der Waals surface area (Å²) in [6.07, 6.45) is 3.49. The molecule has 206 valence electrons. The summed E-state index contributed by atoms with van der Waals surface area (Å²) in [5.74, 6) is -2.34. The van der Waals surface area contributed by atoms with Crippen molar-refractivity contribution in [3.8, 4) is 0 Å². The first-order chi connectivity index (χ1) is 16.7. The van der Waals surface area contributed by atoms with Gasteiger partial charge in [-0.25, -0.2) is 0 Å². The molecule has 0 amide bonds. The molecule has 9 atom stereocenters. The number of allylic oxidation sites excluding steroid dienone is 1. The lowest BCUT2D eigenvalue weighted by atomic mass is 9.38. The van der Waals surface area contributed by atoms with E-state index in [9.17, 15) is 34.8 Å². The van der Waals surface area contributed by atoms with Gasteiger partial charge in [-0.1, -0.05) is 52.3 Å². The SMILES string of the molecule is CC(C)(O)/C=C/C(=O)[C@](C)(O)[C@H]1[C@H](O)C[C@@]2(C)[C@@H]3CC=C4[C@@H](CC(=O)[C@H](O)C4(C)C)[C@]3(C)C(=O)C[C@]12C. The van der Waals surface area contributed by atoms with E-state index in [2.05, 4.69) is 13.0 Å². The molecule has 0 bridgehead atoms. The Kier molecular flexibility index (Phi) is 6.26. The molecule has 0 aliphatic heterocycles. The molecule has 0 saturated heterocycles. The third kappa shape index (κ3) is 3.71. The standard InChI is InChI=1S/C30H44O7/c1-25(2,36)12-11-21(33)30(8,37)23-19(32)14-27(5)20-10-9-16-17(13-18(31)24(35)26(16,3)4)29(20,7)22(34)15-28(23,27)6/h9,11-12,17,19-20,23-24,32,35-37H,10,13-15H2,1-8H3/b12-11+/t17-,19-,20+,23+,24+,27+,28-,29+,30+/m1/s1. The third-order valence-corrected chi connectivity index (χ3v) is 11.2. The normalized spacial score (nSPS) is 45.1. The van der Waals surface area contributed by atoms with Gasteiger partial charge in [-0.2, -0.15) is 0 Å². The van der Waals surface area contributed by atoms with Gasteiger partial charge in [-0.15, -0.1) is 0 Å². The number of hydrogen-bond donors (Lipinski definition) is 4. The molecule has 7 heteroatoms. The Hall–Kier alpha value is -1.67. The van der Waals surface area contributed by atoms with Gasteiger partial charge < -0.3 is 20.4 Å². The highest BCUT2D eigenvalue weighted by Crippen LogP contribution is 2.74. The van der Waals surface area contributed by atoms with Gasteiger partial charge in [0.25, 0.3) is 0 Å². The van der Waals surface area contributed by atoms with Gasteiger partial charge in [0.2, 0.25) is 0 Å². The van der Waals surface area contributed by atoms with Gasteiger partial charge in [-0.05, 0) is 62.4 Å². The fourth-order valence-corrected chi connectivity index (χ4v) is 8.95. The van der Waals surface area contributed by atoms with Gasteiger partial charge >= 0.3 is 0 Å². The van der Waals surface area contributed by atoms with Crippen LogP contribution >= 0.6 is 0 Å². The van der Waals surface area contributed by atoms with Crippen LogP contribution in [0.25, 0.3) is 0 Å². The summed E-state index contributed by atoms with van der Waals surface area (Å²) < 4.78 is 0. The second-order valence-electron chi connectivity index (χ2n) is 14.3. The smallest absolute Gasteiger partial charge is 0.187 e. The van der Waals surface area contributed by atoms with E-state index in [1.165, 1.54) is 26.8 Å². The molecule has 3 saturated carbocycles. The maximum atomic E-state index is 14.2. The van der Waals surface area contributed by atoms with E-state index in [1.54, 1.807) is 0 Å². The molecule has 0 spiro atoms. The zero-order valence-electron chi connectivity index (χ0n) is 23.5. The number of hydrogen-bond acceptors (Lipinski definition) is 7. The summed E-state index contributed by atoms with van der Waals surface area (Å²) >= 11 is 0. The van der Waals surface area contributed by atoms with Gasteiger partial charge in [0.1, 0.15) is 17.5 Å². The Bertz CT molecular complexity index is 1090. The monoisotopic (exact) mass is 516 g/mol. The van der Waals surface area contributed by atoms with E-state index in [-0.39, 0.29) is 36.2 Å². The molecular formula is C30H44O7. The molecule has 7 nitrogen and oxygen atoms in total. The topological polar surface area (TPSA) is 132 Å². The van der Waals surface area contributed by atoms with Crippen molar-refractivity contribution < 1.29 is 34.8 Å². The maximum Gasteiger partial charge on any atom is 0.187 e. The van der Waals surface area contributed by atoms with Crippen molar-refractivity contribution in [3.05, 3.63) is 23.8 Å². The maximum absolute atomic E-state index is 14.2. The number of fused-ring (bicyclic) bond motifs is 5. The molecule has 4 aliphatic carbocycles. The second kappa shape index (κ2) is 8.17. The summed E-state index contributed by atoms with van der Waals surface area (Å²) in [4.78, 5) is 40.3. The van der Waals surface area contributed by atoms with Gasteiger partial charge in [0, 0.05) is 29.6 Å². The van der Waals surface area contributed by atoms with Crippen molar-refractivity contribution >= 4 is 17.3 Å². The second-order valence-corrected chi connectivity index (χ2v) is 14.3. The summed E-state index contributed by atoms with van der Waals surface area (Å²) in [6, 6.07) is 0. The summed E-state index contributed by atoms with van der Waals surface area (Å²) in [5.41, 5.74) is -5.36. The van der Waals surface area contributed by atoms with Gasteiger partial charge in [0.15, 0.2) is 11.6 Å². The highest BCUT2D eigenvalue weighted by molar-refractivity contribution is 5.97. The zero-order chi connectivity index (χ0) is 28.1. The van der Waals surface area contributed by atoms with Crippen LogP contribution in [0.1, 0.15) is 81.1 Å². The number of aliphatic hydroxyl groups excluding tert-OH is 2. The molecule has 0 unspecified atom stereocenters. The van der Waals surface area contributed by atoms with Crippen LogP contribution in [0, 0.1) is 39.4 Å². The number of carbonyl (C=O) groups is 3. The lowest BCUT2D eigenvalue weighted by molar-refractivity contribution is -0.183. The van der Waals surface area contributed by atoms with Crippen molar-refractivity contribution in [3.63, 3.8) is 0 Å². The number of rotatable bonds is 4. The van der Waals surface area contributed by atoms with E-state index < -0.39 is 56.8 Å². The van der Waals surface area contributed by atoms with Gasteiger partial charge in [-0.3, -0.25) is 14.4 Å². The summed E-state index contributed by atoms with van der Waals surface area (Å²) in [6.45, 7) is 14.1. The molecule has 0 aromatic carbocycles. The third-order valence-electron chi connectivity index (χ3n) is 11.2. The van der Waals surface area contributed by atoms with Crippen LogP contribution < -0.4 is 0 Å². The quantitative estimate of drug-likeness (QED) is 0.334. The molecule has 0 radical (unpaired) electrons. The lowest BCUT2D eigenvalue weighted by Gasteiger charge is -2.64. The number of Topliss-reactive ketones (excluding diaryl/α,β-unsaturated/α-hetero) is 2. The van der Waals surface area contributed by atoms with Crippen LogP contribution in [0.5, 0.6) is 0 Å². The predicted octanol–water partition coefficient (Wildman–Crippen LogP) is 2.93. The van der Waals surface area contributed by atoms with Crippen LogP contribution in [-0.2, 0) is 14.4 Å². The molecule has 0 aromatic heterocycles. The zero-order valence-corrected chi connectivity index (χ0v) is 23.5. The van der Waals surface area contributed by atoms with E-state index >= 15 is 0 Å². The largest absolute Gasteiger partial charge is 0.393 e. The molecule has 4 N–H and O–H groups in total. The van der Waals surface area contributed by atoms with Crippen LogP contribution in [0.15, 0.2) is 23.8 Å². The van der Waals surface area contributed by atoms with Crippen molar-refractivity contribution in [2.75, 3.05) is 0 Å². The van der Waals surface area contributed by atoms with Crippen LogP contribution in [0.2, 0.25) is 0 Å². The molecule has 4 aliphatic rings. The molecule has 37 heavy (non-hydrogen) atoms. The van der Waals surface area contributed by atoms with E-state index in [0.29, 0.717) is 12.8 Å². The fourth-order valence-electron chi connectivity index (χ4n) is 8.95. The number of carbonyl (C=O) groups excluding carboxylic acids is 3. The Morgan fingerprint density at radius 2 is 1.62 bits per heavy atom. The molecular weight excluding hydrogens is 472 g/mol. The first-order valence-electron chi connectivity index (χ1n) is 13.5. The van der Waals surface area contributed by atoms with Crippen molar-refractivity contribution in [2.24, 2.45) is 39.4 Å². The van der Waals surface area contributed by atoms with Gasteiger partial charge in [0.05, 0.1) is 11.7 Å². The first kappa shape index (κ1) is 28.3. The minimum Gasteiger partial charge on any atom is -0.393 e. The molecule has 0 heterocycles. The van der Waals surface area contributed by atoms with Crippen molar-refractivity contribution in [1.29, 1.82) is 0 Å². The van der Waals surface area contributed by atoms with E-state index in [4.69, 9.17) is 0 Å². The Morgan fingerprint density at radius 3 is 2.19 bits per heavy atom. The van der Waals surface area contributed by atoms with E-state index in [0.717, 1.165) is 11.6 Å². The predicted molar refractivity (Wildman–Crippen MR) is 138 cm³/mol. The minimum absolute atomic E-state index is 0.0255. The lowest BCUT2D eigenvalue weighted by Crippen LogP contribution is -2.65. The van der Waals surface area contributed by atoms with Crippen LogP contribution in [0.4, 0.5) is 0 Å². The minimum atomic E-state index is -1.95. The average molecular weight is 517 g/mol. The van der Waals surface area contributed by atoms with Crippen molar-refractivity contribution in [2.45, 2.75) is 104 Å². The molecule has 0 aromatic rings. The highest BCUT2D eigenvalue weighted by Gasteiger charge is 2.74. The average Bonchev–Trinajstić information content (AvgIpc) is 2.96. The number of ketones is 3. The highest BCUT2D eigenvalue weighted by atomic mass is 16.3. The number of aliphatic hydroxyl groups is 4. The Morgan fingerprint density at radius 1 is 1.03 bits per heavy atom. The Balaban J connectivity index is 1.80. The van der Waals surface area contributed by atoms with Crippen molar-refractivity contribution in [1.82, 2.24) is 0 Å². The Labute approximate surface area is 220 Å². The van der Waals surface area contributed by atoms with E-state index in [1.807, 2.05) is 27.7 Å². The first-order valence-corrected chi connectivity index (χ1v) is 13.5. The van der Waals surface area contributed by atoms with Crippen LogP contribution in [-0.4, -0.2) is 61.2 Å². The summed E-state index contributed by atoms with van der Waals surface area (Å²) in [7, 11) is 0. The summed E-state index contributed by atoms with van der Waals surface area (Å²) in [5, 5.41) is 43.7. The van der Waals surface area contributed by atoms with Crippen LogP contribution in [0.3, 0.4) is 0 Å². The molecule has 3 fully saturated rings. The molecule has 4 rings (SSSR count). The fraction of sp³-hybridized carbons (Fsp3) is 0.767.